The van der Waals surface area contributed by atoms with Gasteiger partial charge in [-0.3, -0.25) is 28.9 Å². The molecule has 1 heterocycles. The van der Waals surface area contributed by atoms with E-state index in [0.29, 0.717) is 25.8 Å². The van der Waals surface area contributed by atoms with Gasteiger partial charge in [-0.25, -0.2) is 0 Å². The van der Waals surface area contributed by atoms with Crippen molar-refractivity contribution in [3.63, 3.8) is 0 Å². The van der Waals surface area contributed by atoms with E-state index in [1.165, 1.54) is 17.1 Å². The Kier molecular flexibility index (Phi) is 8.45. The Morgan fingerprint density at radius 3 is 2.13 bits per heavy atom. The molecular formula is C14H18IN3O5. The van der Waals surface area contributed by atoms with Crippen LogP contribution in [0.4, 0.5) is 0 Å². The Hall–Kier alpha value is -1.78. The molecule has 0 unspecified atom stereocenters. The van der Waals surface area contributed by atoms with Crippen LogP contribution < -0.4 is 10.6 Å². The van der Waals surface area contributed by atoms with Crippen LogP contribution in [-0.4, -0.2) is 52.0 Å². The predicted octanol–water partition coefficient (Wildman–Crippen LogP) is -0.334. The molecule has 0 saturated carbocycles. The molecule has 8 nitrogen and oxygen atoms in total. The fourth-order valence-corrected chi connectivity index (χ4v) is 2.07. The normalized spacial score (nSPS) is 13.3. The van der Waals surface area contributed by atoms with E-state index in [1.807, 2.05) is 0 Å². The number of rotatable bonds is 10. The number of nitrogens with one attached hydrogen (secondary N) is 2. The highest BCUT2D eigenvalue weighted by molar-refractivity contribution is 14.1. The molecule has 9 heteroatoms. The minimum Gasteiger partial charge on any atom is -0.347 e. The first-order valence-electron chi connectivity index (χ1n) is 7.15. The number of amides is 4. The molecule has 0 aromatic heterocycles. The summed E-state index contributed by atoms with van der Waals surface area (Å²) < 4.78 is -0.188. The Morgan fingerprint density at radius 2 is 1.52 bits per heavy atom. The maximum Gasteiger partial charge on any atom is 0.253 e. The van der Waals surface area contributed by atoms with Gasteiger partial charge in [-0.2, -0.15) is 0 Å². The summed E-state index contributed by atoms with van der Waals surface area (Å²) in [4.78, 5) is 57.2. The van der Waals surface area contributed by atoms with Crippen molar-refractivity contribution in [3.8, 4) is 0 Å². The van der Waals surface area contributed by atoms with E-state index in [1.54, 1.807) is 22.6 Å². The lowest BCUT2D eigenvalue weighted by molar-refractivity contribution is -0.137. The van der Waals surface area contributed by atoms with Crippen LogP contribution in [0.5, 0.6) is 0 Å². The smallest absolute Gasteiger partial charge is 0.253 e. The van der Waals surface area contributed by atoms with Gasteiger partial charge in [0.15, 0.2) is 0 Å². The number of halogens is 1. The second kappa shape index (κ2) is 10.1. The molecule has 0 radical (unpaired) electrons. The molecule has 0 aromatic rings. The van der Waals surface area contributed by atoms with Gasteiger partial charge >= 0.3 is 0 Å². The van der Waals surface area contributed by atoms with E-state index in [2.05, 4.69) is 10.6 Å². The first-order chi connectivity index (χ1) is 10.9. The molecule has 0 aromatic carbocycles. The number of carbonyl (C=O) groups is 5. The third-order valence-electron chi connectivity index (χ3n) is 3.06. The van der Waals surface area contributed by atoms with E-state index < -0.39 is 5.91 Å². The van der Waals surface area contributed by atoms with Gasteiger partial charge in [-0.15, -0.1) is 0 Å². The van der Waals surface area contributed by atoms with E-state index in [4.69, 9.17) is 0 Å². The van der Waals surface area contributed by atoms with Crippen molar-refractivity contribution >= 4 is 50.0 Å². The minimum atomic E-state index is -0.415. The van der Waals surface area contributed by atoms with Crippen LogP contribution >= 0.6 is 22.6 Å². The summed E-state index contributed by atoms with van der Waals surface area (Å²) in [7, 11) is 0. The largest absolute Gasteiger partial charge is 0.347 e. The van der Waals surface area contributed by atoms with Gasteiger partial charge in [0.1, 0.15) is 0 Å². The molecular weight excluding hydrogens is 417 g/mol. The molecule has 1 rings (SSSR count). The van der Waals surface area contributed by atoms with Crippen LogP contribution in [-0.2, 0) is 24.0 Å². The van der Waals surface area contributed by atoms with E-state index in [-0.39, 0.29) is 41.0 Å². The molecule has 0 fully saturated rings. The average molecular weight is 435 g/mol. The summed E-state index contributed by atoms with van der Waals surface area (Å²) in [6.07, 6.45) is 4.67. The fraction of sp³-hybridized carbons (Fsp3) is 0.500. The number of hydrogen-bond acceptors (Lipinski definition) is 5. The molecule has 0 spiro atoms. The Labute approximate surface area is 147 Å². The van der Waals surface area contributed by atoms with Crippen LogP contribution in [0.3, 0.4) is 0 Å². The third kappa shape index (κ3) is 7.86. The number of hydrogen-bond donors (Lipinski definition) is 2. The van der Waals surface area contributed by atoms with Crippen molar-refractivity contribution < 1.29 is 24.0 Å². The van der Waals surface area contributed by atoms with Gasteiger partial charge in [0.25, 0.3) is 11.8 Å². The zero-order chi connectivity index (χ0) is 17.2. The number of imide groups is 1. The molecule has 2 N–H and O–H groups in total. The third-order valence-corrected chi connectivity index (χ3v) is 3.44. The standard InChI is InChI=1S/C14H18IN3O5/c15-10(19)8-16-12(21)9-17-11(20)4-2-1-3-7-18-13(22)5-6-14(18)23/h5-6H,1-4,7-9H2,(H,16,21)(H,17,20). The summed E-state index contributed by atoms with van der Waals surface area (Å²) in [5, 5.41) is 4.83. The highest BCUT2D eigenvalue weighted by Gasteiger charge is 2.22. The number of unbranched alkanes of at least 4 members (excludes halogenated alkanes) is 2. The van der Waals surface area contributed by atoms with Crippen LogP contribution in [0.2, 0.25) is 0 Å². The van der Waals surface area contributed by atoms with Gasteiger partial charge in [-0.1, -0.05) is 6.42 Å². The van der Waals surface area contributed by atoms with Crippen molar-refractivity contribution in [1.82, 2.24) is 15.5 Å². The fourth-order valence-electron chi connectivity index (χ4n) is 1.88. The van der Waals surface area contributed by atoms with E-state index in [0.717, 1.165) is 0 Å². The average Bonchev–Trinajstić information content (AvgIpc) is 2.82. The van der Waals surface area contributed by atoms with Crippen molar-refractivity contribution in [2.45, 2.75) is 25.7 Å². The minimum absolute atomic E-state index is 0.0575. The van der Waals surface area contributed by atoms with Crippen LogP contribution in [0.15, 0.2) is 12.2 Å². The van der Waals surface area contributed by atoms with Crippen molar-refractivity contribution in [3.05, 3.63) is 12.2 Å². The van der Waals surface area contributed by atoms with E-state index >= 15 is 0 Å². The van der Waals surface area contributed by atoms with Crippen LogP contribution in [0, 0.1) is 0 Å². The van der Waals surface area contributed by atoms with Crippen LogP contribution in [0.25, 0.3) is 0 Å². The van der Waals surface area contributed by atoms with Gasteiger partial charge in [-0.05, 0) is 12.8 Å². The molecule has 1 aliphatic heterocycles. The maximum atomic E-state index is 11.5. The predicted molar refractivity (Wildman–Crippen MR) is 89.4 cm³/mol. The maximum absolute atomic E-state index is 11.5. The molecule has 0 bridgehead atoms. The Balaban J connectivity index is 2.04. The Bertz CT molecular complexity index is 515. The molecule has 0 atom stereocenters. The van der Waals surface area contributed by atoms with Gasteiger partial charge in [0.05, 0.1) is 13.1 Å². The van der Waals surface area contributed by atoms with Gasteiger partial charge < -0.3 is 10.6 Å². The van der Waals surface area contributed by atoms with Gasteiger partial charge in [0.2, 0.25) is 15.6 Å². The monoisotopic (exact) mass is 435 g/mol. The van der Waals surface area contributed by atoms with Crippen LogP contribution in [0.1, 0.15) is 25.7 Å². The first kappa shape index (κ1) is 19.3. The molecule has 126 valence electrons. The zero-order valence-corrected chi connectivity index (χ0v) is 14.6. The van der Waals surface area contributed by atoms with Crippen molar-refractivity contribution in [1.29, 1.82) is 0 Å². The quantitative estimate of drug-likeness (QED) is 0.211. The SMILES string of the molecule is O=C(I)CNC(=O)CNC(=O)CCCCCN1C(=O)C=CC1=O. The van der Waals surface area contributed by atoms with Crippen molar-refractivity contribution in [2.24, 2.45) is 0 Å². The summed E-state index contributed by atoms with van der Waals surface area (Å²) in [5.74, 6) is -1.27. The zero-order valence-electron chi connectivity index (χ0n) is 12.5. The second-order valence-electron chi connectivity index (χ2n) is 4.88. The topological polar surface area (TPSA) is 113 Å². The number of nitrogens with zero attached hydrogens (tertiary/aromatic N) is 1. The lowest BCUT2D eigenvalue weighted by atomic mass is 10.2. The summed E-state index contributed by atoms with van der Waals surface area (Å²) in [5.41, 5.74) is 0. The second-order valence-corrected chi connectivity index (χ2v) is 6.08. The lowest BCUT2D eigenvalue weighted by Gasteiger charge is -2.13. The highest BCUT2D eigenvalue weighted by Crippen LogP contribution is 2.07. The molecule has 4 amide bonds. The summed E-state index contributed by atoms with van der Waals surface area (Å²) in [6.45, 7) is 0.127. The Morgan fingerprint density at radius 1 is 0.913 bits per heavy atom. The molecule has 0 saturated heterocycles. The highest BCUT2D eigenvalue weighted by atomic mass is 127. The lowest BCUT2D eigenvalue weighted by Crippen LogP contribution is -2.38. The summed E-state index contributed by atoms with van der Waals surface area (Å²) >= 11 is 1.57. The molecule has 23 heavy (non-hydrogen) atoms. The van der Waals surface area contributed by atoms with Gasteiger partial charge in [0, 0.05) is 47.7 Å². The van der Waals surface area contributed by atoms with Crippen molar-refractivity contribution in [2.75, 3.05) is 19.6 Å². The first-order valence-corrected chi connectivity index (χ1v) is 8.23. The molecule has 1 aliphatic rings. The summed E-state index contributed by atoms with van der Waals surface area (Å²) in [6, 6.07) is 0. The molecule has 0 aliphatic carbocycles. The van der Waals surface area contributed by atoms with E-state index in [9.17, 15) is 24.0 Å². The number of carbonyl (C=O) groups excluding carboxylic acids is 5.